The smallest absolute Gasteiger partial charge is 0.258 e. The van der Waals surface area contributed by atoms with E-state index < -0.39 is 4.92 Å². The maximum Gasteiger partial charge on any atom is 0.307 e. The van der Waals surface area contributed by atoms with Gasteiger partial charge in [0.15, 0.2) is 0 Å². The largest absolute Gasteiger partial charge is 0.307 e. The van der Waals surface area contributed by atoms with E-state index in [2.05, 4.69) is 4.98 Å². The first-order chi connectivity index (χ1) is 8.49. The number of hydrogen-bond acceptors (Lipinski definition) is 3. The lowest BCUT2D eigenvalue weighted by Gasteiger charge is -2.03. The number of pyridine rings is 1. The molecule has 0 saturated heterocycles. The molecule has 1 aromatic heterocycles. The minimum Gasteiger partial charge on any atom is -0.258 e. The zero-order valence-electron chi connectivity index (χ0n) is 8.73. The van der Waals surface area contributed by atoms with Gasteiger partial charge in [-0.2, -0.15) is 0 Å². The first-order valence-electron chi connectivity index (χ1n) is 4.74. The molecule has 7 heteroatoms. The van der Waals surface area contributed by atoms with Gasteiger partial charge in [0, 0.05) is 17.8 Å². The minimum atomic E-state index is -0.587. The molecule has 0 aliphatic heterocycles. The molecule has 0 radical (unpaired) electrons. The molecule has 18 heavy (non-hydrogen) atoms. The molecule has 92 valence electrons. The van der Waals surface area contributed by atoms with Crippen molar-refractivity contribution in [2.45, 2.75) is 0 Å². The fraction of sp³-hybridized carbons (Fsp3) is 0. The lowest BCUT2D eigenvalue weighted by atomic mass is 10.1. The Morgan fingerprint density at radius 3 is 2.39 bits per heavy atom. The Labute approximate surface area is 117 Å². The summed E-state index contributed by atoms with van der Waals surface area (Å²) in [5, 5.41) is 11.4. The SMILES string of the molecule is O=[N+]([O-])c1cc(-c2ccc(Cl)c(Cl)c2)cnc1Cl. The van der Waals surface area contributed by atoms with Crippen molar-refractivity contribution in [1.29, 1.82) is 0 Å². The fourth-order valence-electron chi connectivity index (χ4n) is 1.40. The third-order valence-electron chi connectivity index (χ3n) is 2.27. The van der Waals surface area contributed by atoms with Crippen LogP contribution in [0.1, 0.15) is 0 Å². The van der Waals surface area contributed by atoms with Gasteiger partial charge in [-0.3, -0.25) is 10.1 Å². The number of aromatic nitrogens is 1. The second-order valence-electron chi connectivity index (χ2n) is 3.42. The van der Waals surface area contributed by atoms with Crippen molar-refractivity contribution in [3.05, 3.63) is 55.8 Å². The average Bonchev–Trinajstić information content (AvgIpc) is 2.33. The van der Waals surface area contributed by atoms with Crippen LogP contribution in [0.4, 0.5) is 5.69 Å². The van der Waals surface area contributed by atoms with Gasteiger partial charge in [0.1, 0.15) is 0 Å². The van der Waals surface area contributed by atoms with Gasteiger partial charge in [-0.15, -0.1) is 0 Å². The summed E-state index contributed by atoms with van der Waals surface area (Å²) in [7, 11) is 0. The Morgan fingerprint density at radius 2 is 1.78 bits per heavy atom. The quantitative estimate of drug-likeness (QED) is 0.462. The van der Waals surface area contributed by atoms with E-state index in [-0.39, 0.29) is 10.8 Å². The molecule has 0 spiro atoms. The average molecular weight is 304 g/mol. The summed E-state index contributed by atoms with van der Waals surface area (Å²) in [6.45, 7) is 0. The van der Waals surface area contributed by atoms with Crippen molar-refractivity contribution in [3.8, 4) is 11.1 Å². The first-order valence-corrected chi connectivity index (χ1v) is 5.88. The lowest BCUT2D eigenvalue weighted by Crippen LogP contribution is -1.92. The number of hydrogen-bond donors (Lipinski definition) is 0. The van der Waals surface area contributed by atoms with E-state index >= 15 is 0 Å². The molecule has 0 aliphatic rings. The van der Waals surface area contributed by atoms with E-state index in [4.69, 9.17) is 34.8 Å². The van der Waals surface area contributed by atoms with Crippen LogP contribution >= 0.6 is 34.8 Å². The van der Waals surface area contributed by atoms with Crippen LogP contribution in [0.3, 0.4) is 0 Å². The predicted octanol–water partition coefficient (Wildman–Crippen LogP) is 4.62. The summed E-state index contributed by atoms with van der Waals surface area (Å²) in [6.07, 6.45) is 1.44. The van der Waals surface area contributed by atoms with Crippen LogP contribution in [0, 0.1) is 10.1 Å². The van der Waals surface area contributed by atoms with Crippen molar-refractivity contribution in [2.24, 2.45) is 0 Å². The topological polar surface area (TPSA) is 56.0 Å². The van der Waals surface area contributed by atoms with E-state index in [9.17, 15) is 10.1 Å². The highest BCUT2D eigenvalue weighted by atomic mass is 35.5. The molecule has 0 bridgehead atoms. The lowest BCUT2D eigenvalue weighted by molar-refractivity contribution is -0.385. The second-order valence-corrected chi connectivity index (χ2v) is 4.59. The number of nitrogens with zero attached hydrogens (tertiary/aromatic N) is 2. The number of nitro groups is 1. The minimum absolute atomic E-state index is 0.149. The van der Waals surface area contributed by atoms with Crippen LogP contribution in [0.25, 0.3) is 11.1 Å². The molecule has 2 rings (SSSR count). The van der Waals surface area contributed by atoms with E-state index in [1.54, 1.807) is 18.2 Å². The molecule has 0 unspecified atom stereocenters. The maximum atomic E-state index is 10.8. The molecule has 4 nitrogen and oxygen atoms in total. The van der Waals surface area contributed by atoms with E-state index in [0.29, 0.717) is 21.2 Å². The summed E-state index contributed by atoms with van der Waals surface area (Å²) < 4.78 is 0. The van der Waals surface area contributed by atoms with Crippen LogP contribution in [-0.2, 0) is 0 Å². The molecule has 2 aromatic rings. The summed E-state index contributed by atoms with van der Waals surface area (Å²) in [6, 6.07) is 6.26. The van der Waals surface area contributed by atoms with Gasteiger partial charge < -0.3 is 0 Å². The maximum absolute atomic E-state index is 10.8. The Hall–Kier alpha value is -1.36. The first kappa shape index (κ1) is 13.1. The Kier molecular flexibility index (Phi) is 3.71. The Balaban J connectivity index is 2.54. The van der Waals surface area contributed by atoms with Gasteiger partial charge in [0.2, 0.25) is 5.15 Å². The number of rotatable bonds is 2. The van der Waals surface area contributed by atoms with Crippen molar-refractivity contribution in [1.82, 2.24) is 4.98 Å². The number of halogens is 3. The molecular weight excluding hydrogens is 298 g/mol. The van der Waals surface area contributed by atoms with Gasteiger partial charge in [-0.1, -0.05) is 40.9 Å². The predicted molar refractivity (Wildman–Crippen MR) is 71.4 cm³/mol. The van der Waals surface area contributed by atoms with Crippen molar-refractivity contribution >= 4 is 40.5 Å². The highest BCUT2D eigenvalue weighted by Crippen LogP contribution is 2.31. The van der Waals surface area contributed by atoms with Gasteiger partial charge in [-0.25, -0.2) is 4.98 Å². The monoisotopic (exact) mass is 302 g/mol. The van der Waals surface area contributed by atoms with Gasteiger partial charge in [0.05, 0.1) is 15.0 Å². The molecule has 0 amide bonds. The molecule has 1 heterocycles. The summed E-state index contributed by atoms with van der Waals surface area (Å²) >= 11 is 17.3. The van der Waals surface area contributed by atoms with Crippen LogP contribution < -0.4 is 0 Å². The van der Waals surface area contributed by atoms with Crippen LogP contribution in [-0.4, -0.2) is 9.91 Å². The third kappa shape index (κ3) is 2.56. The van der Waals surface area contributed by atoms with E-state index in [1.807, 2.05) is 0 Å². The van der Waals surface area contributed by atoms with Crippen LogP contribution in [0.5, 0.6) is 0 Å². The highest BCUT2D eigenvalue weighted by Gasteiger charge is 2.15. The highest BCUT2D eigenvalue weighted by molar-refractivity contribution is 6.42. The normalized spacial score (nSPS) is 10.4. The van der Waals surface area contributed by atoms with Crippen LogP contribution in [0.15, 0.2) is 30.5 Å². The molecule has 0 N–H and O–H groups in total. The standard InChI is InChI=1S/C11H5Cl3N2O2/c12-8-2-1-6(3-9(8)13)7-4-10(16(17)18)11(14)15-5-7/h1-5H. The van der Waals surface area contributed by atoms with E-state index in [1.165, 1.54) is 12.3 Å². The molecule has 0 saturated carbocycles. The van der Waals surface area contributed by atoms with Crippen molar-refractivity contribution in [3.63, 3.8) is 0 Å². The zero-order chi connectivity index (χ0) is 13.3. The van der Waals surface area contributed by atoms with Crippen molar-refractivity contribution < 1.29 is 4.92 Å². The Morgan fingerprint density at radius 1 is 1.06 bits per heavy atom. The molecule has 0 aliphatic carbocycles. The molecule has 1 aromatic carbocycles. The van der Waals surface area contributed by atoms with Gasteiger partial charge >= 0.3 is 5.69 Å². The molecule has 0 atom stereocenters. The third-order valence-corrected chi connectivity index (χ3v) is 3.30. The summed E-state index contributed by atoms with van der Waals surface area (Å²) in [5.41, 5.74) is 0.974. The molecule has 0 fully saturated rings. The zero-order valence-corrected chi connectivity index (χ0v) is 11.0. The Bertz CT molecular complexity index is 632. The molecular formula is C11H5Cl3N2O2. The van der Waals surface area contributed by atoms with Crippen LogP contribution in [0.2, 0.25) is 15.2 Å². The summed E-state index contributed by atoms with van der Waals surface area (Å²) in [4.78, 5) is 13.9. The number of benzene rings is 1. The summed E-state index contributed by atoms with van der Waals surface area (Å²) in [5.74, 6) is 0. The van der Waals surface area contributed by atoms with Gasteiger partial charge in [0.25, 0.3) is 0 Å². The van der Waals surface area contributed by atoms with E-state index in [0.717, 1.165) is 0 Å². The van der Waals surface area contributed by atoms with Crippen molar-refractivity contribution in [2.75, 3.05) is 0 Å². The van der Waals surface area contributed by atoms with Gasteiger partial charge in [-0.05, 0) is 17.7 Å². The fourth-order valence-corrected chi connectivity index (χ4v) is 1.87. The second kappa shape index (κ2) is 5.10.